The van der Waals surface area contributed by atoms with Crippen LogP contribution in [0.1, 0.15) is 5.56 Å². The molecule has 0 saturated carbocycles. The van der Waals surface area contributed by atoms with E-state index >= 15 is 0 Å². The van der Waals surface area contributed by atoms with Crippen molar-refractivity contribution in [3.8, 4) is 12.0 Å². The Balaban J connectivity index is 2.03. The summed E-state index contributed by atoms with van der Waals surface area (Å²) in [7, 11) is 0. The fourth-order valence-electron chi connectivity index (χ4n) is 1.26. The number of nitrogens with two attached hydrogens (primary N) is 1. The third kappa shape index (κ3) is 2.79. The van der Waals surface area contributed by atoms with Gasteiger partial charge in [-0.05, 0) is 42.3 Å². The van der Waals surface area contributed by atoms with E-state index in [1.54, 1.807) is 0 Å². The van der Waals surface area contributed by atoms with Gasteiger partial charge in [-0.1, -0.05) is 18.2 Å². The first-order valence-corrected chi connectivity index (χ1v) is 5.02. The van der Waals surface area contributed by atoms with Crippen LogP contribution in [0.25, 0.3) is 0 Å². The van der Waals surface area contributed by atoms with Crippen LogP contribution >= 0.6 is 0 Å². The van der Waals surface area contributed by atoms with E-state index in [4.69, 9.17) is 5.73 Å². The van der Waals surface area contributed by atoms with Crippen LogP contribution in [0.5, 0.6) is 0 Å². The van der Waals surface area contributed by atoms with E-state index in [9.17, 15) is 0 Å². The average molecular weight is 208 g/mol. The van der Waals surface area contributed by atoms with Gasteiger partial charge in [0.15, 0.2) is 0 Å². The molecule has 0 fully saturated rings. The van der Waals surface area contributed by atoms with Crippen LogP contribution < -0.4 is 11.1 Å². The van der Waals surface area contributed by atoms with Gasteiger partial charge in [0.1, 0.15) is 0 Å². The van der Waals surface area contributed by atoms with Crippen molar-refractivity contribution in [1.82, 2.24) is 0 Å². The molecule has 2 aromatic carbocycles. The van der Waals surface area contributed by atoms with Crippen LogP contribution in [0.15, 0.2) is 54.6 Å². The van der Waals surface area contributed by atoms with Crippen LogP contribution in [0.2, 0.25) is 0 Å². The van der Waals surface area contributed by atoms with Crippen LogP contribution in [-0.4, -0.2) is 0 Å². The minimum atomic E-state index is 0.751. The molecule has 0 aromatic heterocycles. The second kappa shape index (κ2) is 4.90. The lowest BCUT2D eigenvalue weighted by atomic mass is 10.2. The summed E-state index contributed by atoms with van der Waals surface area (Å²) in [5, 5.41) is 3.02. The van der Waals surface area contributed by atoms with E-state index in [1.165, 1.54) is 0 Å². The van der Waals surface area contributed by atoms with Crippen molar-refractivity contribution >= 4 is 11.4 Å². The number of benzene rings is 2. The van der Waals surface area contributed by atoms with Gasteiger partial charge in [0.05, 0.1) is 0 Å². The molecular formula is C14H12N2. The monoisotopic (exact) mass is 208 g/mol. The lowest BCUT2D eigenvalue weighted by Gasteiger charge is -1.95. The summed E-state index contributed by atoms with van der Waals surface area (Å²) in [6, 6.07) is 20.2. The van der Waals surface area contributed by atoms with E-state index in [2.05, 4.69) is 17.3 Å². The zero-order chi connectivity index (χ0) is 11.2. The van der Waals surface area contributed by atoms with Gasteiger partial charge in [-0.3, -0.25) is 0 Å². The number of para-hydroxylation sites is 1. The van der Waals surface area contributed by atoms with Gasteiger partial charge in [0.25, 0.3) is 0 Å². The van der Waals surface area contributed by atoms with Gasteiger partial charge in [-0.2, -0.15) is 0 Å². The molecule has 2 heteroatoms. The molecule has 78 valence electrons. The summed E-state index contributed by atoms with van der Waals surface area (Å²) in [6.07, 6.45) is 0. The summed E-state index contributed by atoms with van der Waals surface area (Å²) in [4.78, 5) is 0. The van der Waals surface area contributed by atoms with Crippen LogP contribution in [-0.2, 0) is 0 Å². The Kier molecular flexibility index (Phi) is 3.10. The minimum absolute atomic E-state index is 0.751. The lowest BCUT2D eigenvalue weighted by Crippen LogP contribution is -1.87. The fourth-order valence-corrected chi connectivity index (χ4v) is 1.26. The van der Waals surface area contributed by atoms with Crippen molar-refractivity contribution in [1.29, 1.82) is 0 Å². The molecule has 0 amide bonds. The van der Waals surface area contributed by atoms with E-state index in [0.29, 0.717) is 0 Å². The van der Waals surface area contributed by atoms with Crippen molar-refractivity contribution in [3.05, 3.63) is 60.2 Å². The predicted molar refractivity (Wildman–Crippen MR) is 67.8 cm³/mol. The molecule has 2 nitrogen and oxygen atoms in total. The van der Waals surface area contributed by atoms with Gasteiger partial charge in [-0.15, -0.1) is 0 Å². The summed E-state index contributed by atoms with van der Waals surface area (Å²) >= 11 is 0. The maximum atomic E-state index is 5.58. The standard InChI is InChI=1S/C14H12N2/c15-13-8-6-12(7-9-13)10-11-16-14-4-2-1-3-5-14/h1-9,16H,15H2. The Morgan fingerprint density at radius 3 is 2.25 bits per heavy atom. The molecule has 16 heavy (non-hydrogen) atoms. The molecule has 3 N–H and O–H groups in total. The second-order valence-corrected chi connectivity index (χ2v) is 3.36. The Morgan fingerprint density at radius 2 is 1.56 bits per heavy atom. The number of nitrogen functional groups attached to an aromatic ring is 1. The quantitative estimate of drug-likeness (QED) is 0.429. The van der Waals surface area contributed by atoms with E-state index in [1.807, 2.05) is 54.6 Å². The Labute approximate surface area is 95.1 Å². The minimum Gasteiger partial charge on any atom is -0.399 e. The van der Waals surface area contributed by atoms with Crippen molar-refractivity contribution in [2.24, 2.45) is 0 Å². The van der Waals surface area contributed by atoms with Crippen molar-refractivity contribution in [2.45, 2.75) is 0 Å². The third-order valence-corrected chi connectivity index (χ3v) is 2.10. The van der Waals surface area contributed by atoms with Crippen molar-refractivity contribution in [2.75, 3.05) is 11.1 Å². The average Bonchev–Trinajstić information content (AvgIpc) is 2.33. The second-order valence-electron chi connectivity index (χ2n) is 3.36. The molecule has 0 aliphatic carbocycles. The molecule has 0 saturated heterocycles. The first-order valence-electron chi connectivity index (χ1n) is 5.02. The van der Waals surface area contributed by atoms with Crippen LogP contribution in [0.4, 0.5) is 11.4 Å². The number of hydrogen-bond acceptors (Lipinski definition) is 2. The van der Waals surface area contributed by atoms with Gasteiger partial charge < -0.3 is 11.1 Å². The molecule has 0 aliphatic heterocycles. The van der Waals surface area contributed by atoms with Gasteiger partial charge in [-0.25, -0.2) is 0 Å². The first kappa shape index (κ1) is 10.1. The largest absolute Gasteiger partial charge is 0.399 e. The molecule has 0 unspecified atom stereocenters. The highest BCUT2D eigenvalue weighted by Crippen LogP contribution is 2.05. The topological polar surface area (TPSA) is 38.0 Å². The normalized spacial score (nSPS) is 9.00. The van der Waals surface area contributed by atoms with Crippen LogP contribution in [0, 0.1) is 12.0 Å². The van der Waals surface area contributed by atoms with Crippen molar-refractivity contribution in [3.63, 3.8) is 0 Å². The number of rotatable bonds is 1. The number of hydrogen-bond donors (Lipinski definition) is 2. The van der Waals surface area contributed by atoms with Gasteiger partial charge >= 0.3 is 0 Å². The zero-order valence-electron chi connectivity index (χ0n) is 8.77. The SMILES string of the molecule is Nc1ccc(C#CNc2ccccc2)cc1. The Morgan fingerprint density at radius 1 is 0.875 bits per heavy atom. The van der Waals surface area contributed by atoms with Crippen molar-refractivity contribution < 1.29 is 0 Å². The molecule has 0 bridgehead atoms. The molecule has 0 atom stereocenters. The number of nitrogens with one attached hydrogen (secondary N) is 1. The van der Waals surface area contributed by atoms with E-state index in [-0.39, 0.29) is 0 Å². The molecule has 2 aromatic rings. The highest BCUT2D eigenvalue weighted by atomic mass is 14.8. The molecule has 0 radical (unpaired) electrons. The highest BCUT2D eigenvalue weighted by Gasteiger charge is 1.86. The van der Waals surface area contributed by atoms with E-state index < -0.39 is 0 Å². The molecule has 0 heterocycles. The molecular weight excluding hydrogens is 196 g/mol. The lowest BCUT2D eigenvalue weighted by molar-refractivity contribution is 1.61. The summed E-state index contributed by atoms with van der Waals surface area (Å²) in [5.41, 5.74) is 8.27. The Bertz CT molecular complexity index is 504. The maximum absolute atomic E-state index is 5.58. The number of anilines is 2. The predicted octanol–water partition coefficient (Wildman–Crippen LogP) is 2.69. The molecule has 0 aliphatic rings. The van der Waals surface area contributed by atoms with E-state index in [0.717, 1.165) is 16.9 Å². The van der Waals surface area contributed by atoms with Crippen LogP contribution in [0.3, 0.4) is 0 Å². The third-order valence-electron chi connectivity index (χ3n) is 2.10. The molecule has 0 spiro atoms. The summed E-state index contributed by atoms with van der Waals surface area (Å²) < 4.78 is 0. The van der Waals surface area contributed by atoms with Gasteiger partial charge in [0, 0.05) is 23.0 Å². The smallest absolute Gasteiger partial charge is 0.0459 e. The highest BCUT2D eigenvalue weighted by molar-refractivity contribution is 5.50. The summed E-state index contributed by atoms with van der Waals surface area (Å²) in [6.45, 7) is 0. The van der Waals surface area contributed by atoms with Gasteiger partial charge in [0.2, 0.25) is 0 Å². The summed E-state index contributed by atoms with van der Waals surface area (Å²) in [5.74, 6) is 3.00. The first-order chi connectivity index (χ1) is 7.84. The molecule has 2 rings (SSSR count). The maximum Gasteiger partial charge on any atom is 0.0459 e. The fraction of sp³-hybridized carbons (Fsp3) is 0. The Hall–Kier alpha value is -2.40. The zero-order valence-corrected chi connectivity index (χ0v) is 8.77.